The largest absolute Gasteiger partial charge is 0.361 e. The molecule has 3 rings (SSSR count). The monoisotopic (exact) mass is 359 g/mol. The van der Waals surface area contributed by atoms with E-state index in [1.54, 1.807) is 19.1 Å². The van der Waals surface area contributed by atoms with Crippen molar-refractivity contribution in [3.05, 3.63) is 64.1 Å². The van der Waals surface area contributed by atoms with Crippen molar-refractivity contribution in [2.24, 2.45) is 0 Å². The Kier molecular flexibility index (Phi) is 4.62. The number of carbonyl (C=O) groups is 2. The molecular formula is C17H14FN3O3S. The first-order valence-corrected chi connectivity index (χ1v) is 8.16. The molecule has 3 aromatic rings. The van der Waals surface area contributed by atoms with Crippen molar-refractivity contribution in [2.75, 3.05) is 0 Å². The molecule has 0 radical (unpaired) electrons. The number of hydrogen-bond acceptors (Lipinski definition) is 5. The van der Waals surface area contributed by atoms with Gasteiger partial charge in [-0.15, -0.1) is 11.3 Å². The van der Waals surface area contributed by atoms with Gasteiger partial charge in [0.2, 0.25) is 0 Å². The average molecular weight is 359 g/mol. The molecule has 2 amide bonds. The number of aryl methyl sites for hydroxylation is 2. The summed E-state index contributed by atoms with van der Waals surface area (Å²) >= 11 is 1.26. The number of hydrazine groups is 1. The highest BCUT2D eigenvalue weighted by Gasteiger charge is 2.16. The van der Waals surface area contributed by atoms with E-state index in [1.807, 2.05) is 6.92 Å². The van der Waals surface area contributed by atoms with Crippen molar-refractivity contribution in [3.8, 4) is 10.4 Å². The van der Waals surface area contributed by atoms with Crippen LogP contribution < -0.4 is 10.9 Å². The van der Waals surface area contributed by atoms with Gasteiger partial charge in [0.25, 0.3) is 11.8 Å². The number of amides is 2. The normalized spacial score (nSPS) is 10.5. The first-order chi connectivity index (χ1) is 12.0. The van der Waals surface area contributed by atoms with E-state index in [0.717, 1.165) is 16.1 Å². The zero-order valence-corrected chi connectivity index (χ0v) is 14.2. The summed E-state index contributed by atoms with van der Waals surface area (Å²) < 4.78 is 18.0. The van der Waals surface area contributed by atoms with Gasteiger partial charge in [0.1, 0.15) is 11.6 Å². The molecular weight excluding hydrogens is 345 g/mol. The van der Waals surface area contributed by atoms with Crippen molar-refractivity contribution in [1.82, 2.24) is 16.0 Å². The Morgan fingerprint density at radius 2 is 1.72 bits per heavy atom. The quantitative estimate of drug-likeness (QED) is 0.703. The molecule has 0 spiro atoms. The molecule has 2 heterocycles. The van der Waals surface area contributed by atoms with Gasteiger partial charge in [0.05, 0.1) is 16.1 Å². The van der Waals surface area contributed by atoms with E-state index in [-0.39, 0.29) is 5.56 Å². The standard InChI is InChI=1S/C17H14FN3O3S/c1-9-15(10(2)24-21-9)13-7-8-14(25-13)17(23)20-19-16(22)11-3-5-12(18)6-4-11/h3-8H,1-2H3,(H,19,22)(H,20,23). The van der Waals surface area contributed by atoms with Crippen LogP contribution in [0.4, 0.5) is 4.39 Å². The molecule has 0 aliphatic carbocycles. The van der Waals surface area contributed by atoms with E-state index in [9.17, 15) is 14.0 Å². The summed E-state index contributed by atoms with van der Waals surface area (Å²) in [4.78, 5) is 25.4. The van der Waals surface area contributed by atoms with Gasteiger partial charge in [0, 0.05) is 10.4 Å². The molecule has 25 heavy (non-hydrogen) atoms. The van der Waals surface area contributed by atoms with Crippen LogP contribution in [0, 0.1) is 19.7 Å². The molecule has 2 aromatic heterocycles. The highest BCUT2D eigenvalue weighted by atomic mass is 32.1. The summed E-state index contributed by atoms with van der Waals surface area (Å²) in [5, 5.41) is 3.89. The zero-order valence-electron chi connectivity index (χ0n) is 13.4. The number of benzene rings is 1. The summed E-state index contributed by atoms with van der Waals surface area (Å²) in [6, 6.07) is 8.46. The third-order valence-electron chi connectivity index (χ3n) is 3.51. The number of halogens is 1. The predicted molar refractivity (Wildman–Crippen MR) is 90.6 cm³/mol. The fourth-order valence-electron chi connectivity index (χ4n) is 2.28. The van der Waals surface area contributed by atoms with Crippen LogP contribution in [0.1, 0.15) is 31.5 Å². The molecule has 8 heteroatoms. The third kappa shape index (κ3) is 3.58. The van der Waals surface area contributed by atoms with Gasteiger partial charge in [-0.1, -0.05) is 5.16 Å². The lowest BCUT2D eigenvalue weighted by atomic mass is 10.2. The molecule has 0 aliphatic rings. The van der Waals surface area contributed by atoms with E-state index in [2.05, 4.69) is 16.0 Å². The van der Waals surface area contributed by atoms with Gasteiger partial charge in [-0.3, -0.25) is 20.4 Å². The molecule has 0 saturated heterocycles. The van der Waals surface area contributed by atoms with E-state index in [1.165, 1.54) is 35.6 Å². The Morgan fingerprint density at radius 3 is 2.36 bits per heavy atom. The predicted octanol–water partition coefficient (Wildman–Crippen LogP) is 3.23. The lowest BCUT2D eigenvalue weighted by Crippen LogP contribution is -2.41. The number of aromatic nitrogens is 1. The highest BCUT2D eigenvalue weighted by molar-refractivity contribution is 7.17. The van der Waals surface area contributed by atoms with Gasteiger partial charge in [-0.05, 0) is 50.2 Å². The van der Waals surface area contributed by atoms with Gasteiger partial charge < -0.3 is 4.52 Å². The second-order valence-electron chi connectivity index (χ2n) is 5.28. The van der Waals surface area contributed by atoms with Crippen LogP contribution in [-0.4, -0.2) is 17.0 Å². The van der Waals surface area contributed by atoms with Crippen LogP contribution >= 0.6 is 11.3 Å². The molecule has 0 fully saturated rings. The Labute approximate surface area is 146 Å². The molecule has 2 N–H and O–H groups in total. The van der Waals surface area contributed by atoms with Crippen LogP contribution in [0.5, 0.6) is 0 Å². The number of hydrogen-bond donors (Lipinski definition) is 2. The van der Waals surface area contributed by atoms with Crippen molar-refractivity contribution >= 4 is 23.2 Å². The van der Waals surface area contributed by atoms with Crippen LogP contribution in [-0.2, 0) is 0 Å². The maximum absolute atomic E-state index is 12.8. The van der Waals surface area contributed by atoms with E-state index < -0.39 is 17.6 Å². The van der Waals surface area contributed by atoms with E-state index in [0.29, 0.717) is 10.6 Å². The van der Waals surface area contributed by atoms with Crippen LogP contribution in [0.2, 0.25) is 0 Å². The summed E-state index contributed by atoms with van der Waals surface area (Å²) in [6.45, 7) is 3.63. The third-order valence-corrected chi connectivity index (χ3v) is 4.61. The van der Waals surface area contributed by atoms with E-state index in [4.69, 9.17) is 4.52 Å². The number of rotatable bonds is 3. The fraction of sp³-hybridized carbons (Fsp3) is 0.118. The van der Waals surface area contributed by atoms with Crippen molar-refractivity contribution in [3.63, 3.8) is 0 Å². The molecule has 6 nitrogen and oxygen atoms in total. The second-order valence-corrected chi connectivity index (χ2v) is 6.36. The minimum atomic E-state index is -0.532. The summed E-state index contributed by atoms with van der Waals surface area (Å²) in [6.07, 6.45) is 0. The van der Waals surface area contributed by atoms with Crippen molar-refractivity contribution < 1.29 is 18.5 Å². The molecule has 0 aliphatic heterocycles. The molecule has 0 bridgehead atoms. The first-order valence-electron chi connectivity index (χ1n) is 7.35. The Hall–Kier alpha value is -3.00. The minimum Gasteiger partial charge on any atom is -0.361 e. The zero-order chi connectivity index (χ0) is 18.0. The summed E-state index contributed by atoms with van der Waals surface area (Å²) in [5.41, 5.74) is 6.48. The smallest absolute Gasteiger partial charge is 0.279 e. The van der Waals surface area contributed by atoms with Crippen LogP contribution in [0.25, 0.3) is 10.4 Å². The fourth-order valence-corrected chi connectivity index (χ4v) is 3.32. The van der Waals surface area contributed by atoms with Gasteiger partial charge in [0.15, 0.2) is 0 Å². The van der Waals surface area contributed by atoms with Gasteiger partial charge in [-0.2, -0.15) is 0 Å². The second kappa shape index (κ2) is 6.86. The highest BCUT2D eigenvalue weighted by Crippen LogP contribution is 2.32. The molecule has 128 valence electrons. The molecule has 1 aromatic carbocycles. The van der Waals surface area contributed by atoms with Crippen molar-refractivity contribution in [2.45, 2.75) is 13.8 Å². The molecule has 0 saturated carbocycles. The van der Waals surface area contributed by atoms with E-state index >= 15 is 0 Å². The average Bonchev–Trinajstić information content (AvgIpc) is 3.19. The maximum Gasteiger partial charge on any atom is 0.279 e. The maximum atomic E-state index is 12.8. The lowest BCUT2D eigenvalue weighted by Gasteiger charge is -2.06. The molecule has 0 atom stereocenters. The Balaban J connectivity index is 1.66. The van der Waals surface area contributed by atoms with Crippen LogP contribution in [0.15, 0.2) is 40.9 Å². The number of carbonyl (C=O) groups excluding carboxylic acids is 2. The summed E-state index contributed by atoms with van der Waals surface area (Å²) in [5.74, 6) is -0.740. The van der Waals surface area contributed by atoms with Gasteiger partial charge >= 0.3 is 0 Å². The van der Waals surface area contributed by atoms with Crippen LogP contribution in [0.3, 0.4) is 0 Å². The topological polar surface area (TPSA) is 84.2 Å². The number of thiophene rings is 1. The number of nitrogens with one attached hydrogen (secondary N) is 2. The first kappa shape index (κ1) is 16.8. The Morgan fingerprint density at radius 1 is 1.04 bits per heavy atom. The number of nitrogens with zero attached hydrogens (tertiary/aromatic N) is 1. The molecule has 0 unspecified atom stereocenters. The lowest BCUT2D eigenvalue weighted by molar-refractivity contribution is 0.0849. The Bertz CT molecular complexity index is 912. The van der Waals surface area contributed by atoms with Gasteiger partial charge in [-0.25, -0.2) is 4.39 Å². The minimum absolute atomic E-state index is 0.240. The summed E-state index contributed by atoms with van der Waals surface area (Å²) in [7, 11) is 0. The van der Waals surface area contributed by atoms with Crippen molar-refractivity contribution in [1.29, 1.82) is 0 Å². The SMILES string of the molecule is Cc1noc(C)c1-c1ccc(C(=O)NNC(=O)c2ccc(F)cc2)s1.